The number of esters is 1. The van der Waals surface area contributed by atoms with Crippen LogP contribution in [0.1, 0.15) is 17.3 Å². The third-order valence-corrected chi connectivity index (χ3v) is 4.23. The number of aromatic nitrogens is 1. The molecule has 0 radical (unpaired) electrons. The van der Waals surface area contributed by atoms with E-state index in [4.69, 9.17) is 9.02 Å². The van der Waals surface area contributed by atoms with E-state index in [-0.39, 0.29) is 34.3 Å². The topological polar surface area (TPSA) is 91.7 Å². The number of hydrogen-bond donors (Lipinski definition) is 0. The Morgan fingerprint density at radius 1 is 1.14 bits per heavy atom. The Balaban J connectivity index is 2.32. The van der Waals surface area contributed by atoms with E-state index in [9.17, 15) is 22.4 Å². The van der Waals surface area contributed by atoms with Crippen molar-refractivity contribution in [1.29, 1.82) is 0 Å². The second-order valence-electron chi connectivity index (χ2n) is 5.93. The molecule has 0 N–H and O–H groups in total. The molecule has 0 spiro atoms. The highest BCUT2D eigenvalue weighted by molar-refractivity contribution is 7.86. The lowest BCUT2D eigenvalue weighted by Crippen LogP contribution is -2.23. The number of hydrogen-bond acceptors (Lipinski definition) is 6. The molecule has 1 aromatic heterocycles. The first-order valence-electron chi connectivity index (χ1n) is 8.22. The Morgan fingerprint density at radius 2 is 1.89 bits per heavy atom. The number of halogens is 1. The van der Waals surface area contributed by atoms with Crippen molar-refractivity contribution in [3.05, 3.63) is 70.1 Å². The number of fused-ring (bicyclic) bond motifs is 1. The second kappa shape index (κ2) is 7.43. The maximum Gasteiger partial charge on any atom is 0.338 e. The number of benzene rings is 2. The van der Waals surface area contributed by atoms with Gasteiger partial charge in [-0.3, -0.25) is 9.08 Å². The number of nitrogens with zero attached hydrogens (tertiary/aromatic N) is 1. The summed E-state index contributed by atoms with van der Waals surface area (Å²) in [5, 5.41) is 0.0503. The summed E-state index contributed by atoms with van der Waals surface area (Å²) in [6.45, 7) is 1.81. The quantitative estimate of drug-likeness (QED) is 0.605. The summed E-state index contributed by atoms with van der Waals surface area (Å²) in [5.41, 5.74) is 0.0401. The van der Waals surface area contributed by atoms with Gasteiger partial charge in [-0.2, -0.15) is 13.1 Å². The van der Waals surface area contributed by atoms with Crippen LogP contribution in [0, 0.1) is 5.82 Å². The fraction of sp³-hybridized carbons (Fsp3) is 0.158. The molecule has 9 heteroatoms. The van der Waals surface area contributed by atoms with E-state index in [1.807, 2.05) is 0 Å². The van der Waals surface area contributed by atoms with Crippen LogP contribution in [-0.4, -0.2) is 32.0 Å². The zero-order chi connectivity index (χ0) is 20.5. The molecule has 0 aliphatic heterocycles. The number of pyridine rings is 1. The van der Waals surface area contributed by atoms with Crippen LogP contribution in [0.3, 0.4) is 0 Å². The van der Waals surface area contributed by atoms with Crippen molar-refractivity contribution in [3.63, 3.8) is 0 Å². The van der Waals surface area contributed by atoms with Gasteiger partial charge >= 0.3 is 16.1 Å². The Kier molecular flexibility index (Phi) is 5.19. The lowest BCUT2D eigenvalue weighted by atomic mass is 10.1. The summed E-state index contributed by atoms with van der Waals surface area (Å²) >= 11 is 0. The first-order valence-corrected chi connectivity index (χ1v) is 10.0. The van der Waals surface area contributed by atoms with E-state index in [0.29, 0.717) is 0 Å². The highest BCUT2D eigenvalue weighted by atomic mass is 32.2. The van der Waals surface area contributed by atoms with Crippen molar-refractivity contribution in [2.75, 3.05) is 12.9 Å². The fourth-order valence-electron chi connectivity index (χ4n) is 2.71. The number of ether oxygens (including phenoxy) is 1. The van der Waals surface area contributed by atoms with Gasteiger partial charge in [0.2, 0.25) is 0 Å². The SMILES string of the molecule is CCOC(=O)c1ccc2c(c1)c(=O)cc(-c1cccc(F)c1)n2OS(C)(=O)=O. The van der Waals surface area contributed by atoms with Crippen LogP contribution < -0.4 is 9.71 Å². The molecule has 0 aliphatic carbocycles. The molecule has 28 heavy (non-hydrogen) atoms. The lowest BCUT2D eigenvalue weighted by molar-refractivity contribution is 0.0526. The molecule has 0 saturated heterocycles. The molecule has 0 unspecified atom stereocenters. The van der Waals surface area contributed by atoms with Gasteiger partial charge in [-0.1, -0.05) is 12.1 Å². The Hall–Kier alpha value is -3.20. The molecule has 0 amide bonds. The van der Waals surface area contributed by atoms with E-state index in [0.717, 1.165) is 23.1 Å². The van der Waals surface area contributed by atoms with Crippen LogP contribution in [0.2, 0.25) is 0 Å². The summed E-state index contributed by atoms with van der Waals surface area (Å²) in [6.07, 6.45) is 0.847. The van der Waals surface area contributed by atoms with Gasteiger partial charge in [0, 0.05) is 11.6 Å². The normalized spacial score (nSPS) is 11.4. The monoisotopic (exact) mass is 405 g/mol. The molecule has 3 aromatic rings. The minimum absolute atomic E-state index is 0.0475. The highest BCUT2D eigenvalue weighted by Gasteiger charge is 2.18. The van der Waals surface area contributed by atoms with Crippen molar-refractivity contribution in [2.45, 2.75) is 6.92 Å². The number of rotatable bonds is 5. The average molecular weight is 405 g/mol. The predicted molar refractivity (Wildman–Crippen MR) is 101 cm³/mol. The van der Waals surface area contributed by atoms with Gasteiger partial charge in [0.1, 0.15) is 5.82 Å². The van der Waals surface area contributed by atoms with Crippen LogP contribution >= 0.6 is 0 Å². The molecule has 1 heterocycles. The van der Waals surface area contributed by atoms with Gasteiger partial charge in [-0.15, -0.1) is 0 Å². The predicted octanol–water partition coefficient (Wildman–Crippen LogP) is 2.37. The first kappa shape index (κ1) is 19.6. The van der Waals surface area contributed by atoms with E-state index >= 15 is 0 Å². The van der Waals surface area contributed by atoms with Crippen molar-refractivity contribution in [3.8, 4) is 11.3 Å². The van der Waals surface area contributed by atoms with E-state index < -0.39 is 27.3 Å². The van der Waals surface area contributed by atoms with Crippen molar-refractivity contribution in [2.24, 2.45) is 0 Å². The van der Waals surface area contributed by atoms with Crippen molar-refractivity contribution < 1.29 is 26.6 Å². The molecule has 0 fully saturated rings. The fourth-order valence-corrected chi connectivity index (χ4v) is 3.14. The van der Waals surface area contributed by atoms with Crippen LogP contribution in [0.4, 0.5) is 4.39 Å². The summed E-state index contributed by atoms with van der Waals surface area (Å²) in [4.78, 5) is 24.6. The molecular weight excluding hydrogens is 389 g/mol. The van der Waals surface area contributed by atoms with E-state index in [1.54, 1.807) is 6.92 Å². The highest BCUT2D eigenvalue weighted by Crippen LogP contribution is 2.24. The zero-order valence-electron chi connectivity index (χ0n) is 15.0. The van der Waals surface area contributed by atoms with Crippen molar-refractivity contribution >= 4 is 27.0 Å². The van der Waals surface area contributed by atoms with Crippen LogP contribution in [0.15, 0.2) is 53.3 Å². The maximum atomic E-state index is 13.7. The summed E-state index contributed by atoms with van der Waals surface area (Å²) in [6, 6.07) is 10.5. The van der Waals surface area contributed by atoms with E-state index in [1.165, 1.54) is 36.4 Å². The van der Waals surface area contributed by atoms with Gasteiger partial charge in [0.15, 0.2) is 5.43 Å². The smallest absolute Gasteiger partial charge is 0.338 e. The zero-order valence-corrected chi connectivity index (χ0v) is 15.8. The molecular formula is C19H16FNO6S. The first-order chi connectivity index (χ1) is 13.2. The van der Waals surface area contributed by atoms with Gasteiger partial charge in [0.05, 0.1) is 35.0 Å². The standard InChI is InChI=1S/C19H16FNO6S/c1-3-26-19(23)13-7-8-16-15(10-13)18(22)11-17(21(16)27-28(2,24)25)12-5-4-6-14(20)9-12/h4-11H,3H2,1-2H3. The Labute approximate surface area is 160 Å². The molecule has 0 bridgehead atoms. The maximum absolute atomic E-state index is 13.7. The minimum Gasteiger partial charge on any atom is -0.462 e. The lowest BCUT2D eigenvalue weighted by Gasteiger charge is -2.16. The van der Waals surface area contributed by atoms with Crippen LogP contribution in [0.5, 0.6) is 0 Å². The van der Waals surface area contributed by atoms with E-state index in [2.05, 4.69) is 0 Å². The third-order valence-electron chi connectivity index (χ3n) is 3.81. The molecule has 0 aliphatic rings. The molecule has 146 valence electrons. The van der Waals surface area contributed by atoms with Gasteiger partial charge < -0.3 is 4.74 Å². The second-order valence-corrected chi connectivity index (χ2v) is 7.49. The Bertz CT molecular complexity index is 1230. The largest absolute Gasteiger partial charge is 0.462 e. The number of carbonyl (C=O) groups is 1. The number of carbonyl (C=O) groups excluding carboxylic acids is 1. The summed E-state index contributed by atoms with van der Waals surface area (Å²) in [5.74, 6) is -1.18. The molecule has 0 saturated carbocycles. The van der Waals surface area contributed by atoms with Gasteiger partial charge in [-0.25, -0.2) is 9.18 Å². The van der Waals surface area contributed by atoms with Gasteiger partial charge in [-0.05, 0) is 37.3 Å². The minimum atomic E-state index is -3.98. The summed E-state index contributed by atoms with van der Waals surface area (Å²) < 4.78 is 48.1. The van der Waals surface area contributed by atoms with Gasteiger partial charge in [0.25, 0.3) is 0 Å². The molecule has 7 nitrogen and oxygen atoms in total. The third kappa shape index (κ3) is 4.04. The molecule has 0 atom stereocenters. The van der Waals surface area contributed by atoms with Crippen LogP contribution in [0.25, 0.3) is 22.2 Å². The molecule has 3 rings (SSSR count). The summed E-state index contributed by atoms with van der Waals surface area (Å²) in [7, 11) is -3.98. The van der Waals surface area contributed by atoms with Crippen molar-refractivity contribution in [1.82, 2.24) is 4.73 Å². The van der Waals surface area contributed by atoms with Crippen LogP contribution in [-0.2, 0) is 14.9 Å². The average Bonchev–Trinajstić information content (AvgIpc) is 2.63. The Morgan fingerprint density at radius 3 is 2.54 bits per heavy atom. The molecule has 2 aromatic carbocycles.